The normalized spacial score (nSPS) is 15.4. The van der Waals surface area contributed by atoms with Crippen molar-refractivity contribution in [3.05, 3.63) is 67.2 Å². The fourth-order valence-corrected chi connectivity index (χ4v) is 3.95. The summed E-state index contributed by atoms with van der Waals surface area (Å²) in [6.45, 7) is 3.91. The van der Waals surface area contributed by atoms with Crippen molar-refractivity contribution < 1.29 is 14.3 Å². The molecule has 0 aromatic heterocycles. The third kappa shape index (κ3) is 4.19. The summed E-state index contributed by atoms with van der Waals surface area (Å²) in [4.78, 5) is 16.4. The van der Waals surface area contributed by atoms with Gasteiger partial charge in [0, 0.05) is 0 Å². The van der Waals surface area contributed by atoms with Crippen molar-refractivity contribution in [3.63, 3.8) is 0 Å². The lowest BCUT2D eigenvalue weighted by atomic mass is 10.2. The molecule has 134 valence electrons. The molecule has 4 nitrogen and oxygen atoms in total. The molecular formula is C19H14Br2ClNO3. The monoisotopic (exact) mass is 497 g/mol. The predicted molar refractivity (Wildman–Crippen MR) is 110 cm³/mol. The van der Waals surface area contributed by atoms with E-state index in [1.807, 2.05) is 26.0 Å². The van der Waals surface area contributed by atoms with Crippen LogP contribution in [0.4, 0.5) is 0 Å². The third-order valence-electron chi connectivity index (χ3n) is 3.40. The highest BCUT2D eigenvalue weighted by Gasteiger charge is 2.25. The number of hydrogen-bond acceptors (Lipinski definition) is 4. The van der Waals surface area contributed by atoms with Gasteiger partial charge in [-0.1, -0.05) is 23.7 Å². The van der Waals surface area contributed by atoms with Crippen LogP contribution in [0.1, 0.15) is 25.0 Å². The zero-order valence-corrected chi connectivity index (χ0v) is 17.9. The maximum absolute atomic E-state index is 12.2. The number of benzene rings is 2. The smallest absolute Gasteiger partial charge is 0.363 e. The quantitative estimate of drug-likeness (QED) is 0.383. The number of rotatable bonds is 4. The van der Waals surface area contributed by atoms with E-state index in [4.69, 9.17) is 21.1 Å². The van der Waals surface area contributed by atoms with E-state index >= 15 is 0 Å². The summed E-state index contributed by atoms with van der Waals surface area (Å²) in [5, 5.41) is 0.473. The maximum atomic E-state index is 12.2. The van der Waals surface area contributed by atoms with Gasteiger partial charge in [-0.15, -0.1) is 0 Å². The van der Waals surface area contributed by atoms with E-state index in [9.17, 15) is 4.79 Å². The molecule has 1 aliphatic heterocycles. The molecule has 2 aromatic carbocycles. The van der Waals surface area contributed by atoms with Crippen LogP contribution in [0.5, 0.6) is 5.75 Å². The molecule has 1 aliphatic rings. The zero-order chi connectivity index (χ0) is 18.8. The second-order valence-corrected chi connectivity index (χ2v) is 7.91. The molecule has 0 spiro atoms. The number of carbonyl (C=O) groups excluding carboxylic acids is 1. The van der Waals surface area contributed by atoms with Crippen molar-refractivity contribution in [1.82, 2.24) is 0 Å². The Labute approximate surface area is 173 Å². The molecular weight excluding hydrogens is 485 g/mol. The Balaban J connectivity index is 1.95. The number of nitrogens with zero attached hydrogens (tertiary/aromatic N) is 1. The van der Waals surface area contributed by atoms with E-state index < -0.39 is 5.97 Å². The van der Waals surface area contributed by atoms with E-state index in [0.29, 0.717) is 16.3 Å². The molecule has 0 saturated heterocycles. The number of esters is 1. The van der Waals surface area contributed by atoms with Gasteiger partial charge in [0.1, 0.15) is 5.75 Å². The second-order valence-electron chi connectivity index (χ2n) is 5.80. The van der Waals surface area contributed by atoms with Crippen LogP contribution in [0.25, 0.3) is 6.08 Å². The number of halogens is 3. The average molecular weight is 500 g/mol. The first-order chi connectivity index (χ1) is 12.3. The molecule has 2 aromatic rings. The van der Waals surface area contributed by atoms with E-state index in [2.05, 4.69) is 36.9 Å². The molecule has 26 heavy (non-hydrogen) atoms. The van der Waals surface area contributed by atoms with Crippen molar-refractivity contribution in [2.75, 3.05) is 0 Å². The molecule has 0 N–H and O–H groups in total. The van der Waals surface area contributed by atoms with E-state index in [1.54, 1.807) is 30.3 Å². The van der Waals surface area contributed by atoms with Gasteiger partial charge in [-0.05, 0) is 81.6 Å². The minimum absolute atomic E-state index is 0.0411. The van der Waals surface area contributed by atoms with Gasteiger partial charge in [0.2, 0.25) is 5.90 Å². The fraction of sp³-hybridized carbons (Fsp3) is 0.158. The van der Waals surface area contributed by atoms with Crippen LogP contribution in [0.15, 0.2) is 56.0 Å². The largest absolute Gasteiger partial charge is 0.489 e. The molecule has 0 fully saturated rings. The summed E-state index contributed by atoms with van der Waals surface area (Å²) in [7, 11) is 0. The first-order valence-electron chi connectivity index (χ1n) is 7.78. The van der Waals surface area contributed by atoms with Gasteiger partial charge in [0.05, 0.1) is 25.6 Å². The lowest BCUT2D eigenvalue weighted by Crippen LogP contribution is -2.06. The van der Waals surface area contributed by atoms with Crippen LogP contribution in [0.2, 0.25) is 5.02 Å². The molecule has 0 bridgehead atoms. The van der Waals surface area contributed by atoms with Crippen molar-refractivity contribution in [1.29, 1.82) is 0 Å². The lowest BCUT2D eigenvalue weighted by Gasteiger charge is -2.14. The summed E-state index contributed by atoms with van der Waals surface area (Å²) >= 11 is 13.1. The molecule has 1 heterocycles. The van der Waals surface area contributed by atoms with Crippen molar-refractivity contribution in [3.8, 4) is 5.75 Å². The Kier molecular flexibility index (Phi) is 5.85. The van der Waals surface area contributed by atoms with Crippen LogP contribution in [0, 0.1) is 0 Å². The molecule has 3 rings (SSSR count). The van der Waals surface area contributed by atoms with Crippen LogP contribution in [-0.2, 0) is 9.53 Å². The molecule has 0 amide bonds. The van der Waals surface area contributed by atoms with Crippen LogP contribution in [-0.4, -0.2) is 18.0 Å². The van der Waals surface area contributed by atoms with Crippen molar-refractivity contribution in [2.45, 2.75) is 20.0 Å². The van der Waals surface area contributed by atoms with E-state index in [1.165, 1.54) is 0 Å². The van der Waals surface area contributed by atoms with Crippen molar-refractivity contribution in [2.24, 2.45) is 4.99 Å². The molecule has 7 heteroatoms. The highest BCUT2D eigenvalue weighted by Crippen LogP contribution is 2.36. The molecule has 0 radical (unpaired) electrons. The minimum atomic E-state index is -0.519. The van der Waals surface area contributed by atoms with Crippen LogP contribution < -0.4 is 4.74 Å². The van der Waals surface area contributed by atoms with Gasteiger partial charge in [-0.3, -0.25) is 0 Å². The summed E-state index contributed by atoms with van der Waals surface area (Å²) in [6, 6.07) is 10.8. The number of cyclic esters (lactones) is 1. The topological polar surface area (TPSA) is 47.9 Å². The van der Waals surface area contributed by atoms with Gasteiger partial charge in [0.15, 0.2) is 5.70 Å². The Morgan fingerprint density at radius 2 is 1.85 bits per heavy atom. The van der Waals surface area contributed by atoms with E-state index in [0.717, 1.165) is 14.5 Å². The number of ether oxygens (including phenoxy) is 2. The summed E-state index contributed by atoms with van der Waals surface area (Å²) in [5.74, 6) is 0.385. The van der Waals surface area contributed by atoms with Gasteiger partial charge in [-0.25, -0.2) is 9.79 Å². The van der Waals surface area contributed by atoms with Gasteiger partial charge in [0.25, 0.3) is 0 Å². The highest BCUT2D eigenvalue weighted by molar-refractivity contribution is 9.11. The number of hydrogen-bond donors (Lipinski definition) is 0. The predicted octanol–water partition coefficient (Wildman–Crippen LogP) is 6.00. The minimum Gasteiger partial charge on any atom is -0.489 e. The Hall–Kier alpha value is -1.63. The second kappa shape index (κ2) is 7.94. The molecule has 0 saturated carbocycles. The summed E-state index contributed by atoms with van der Waals surface area (Å²) < 4.78 is 12.6. The van der Waals surface area contributed by atoms with Crippen LogP contribution >= 0.6 is 43.5 Å². The fourth-order valence-electron chi connectivity index (χ4n) is 2.33. The molecule has 0 unspecified atom stereocenters. The Bertz CT molecular complexity index is 915. The third-order valence-corrected chi connectivity index (χ3v) is 4.91. The zero-order valence-electron chi connectivity index (χ0n) is 13.9. The van der Waals surface area contributed by atoms with Gasteiger partial charge < -0.3 is 9.47 Å². The average Bonchev–Trinajstić information content (AvgIpc) is 2.92. The standard InChI is InChI=1S/C19H14Br2ClNO3/c1-10(2)25-17-13(20)7-11(8-14(17)21)9-16-19(24)26-18(23-16)12-5-3-4-6-15(12)22/h3-10H,1-2H3/b16-9-. The van der Waals surface area contributed by atoms with Gasteiger partial charge >= 0.3 is 5.97 Å². The summed E-state index contributed by atoms with van der Waals surface area (Å²) in [6.07, 6.45) is 1.69. The van der Waals surface area contributed by atoms with Crippen molar-refractivity contribution >= 4 is 61.4 Å². The van der Waals surface area contributed by atoms with Gasteiger partial charge in [-0.2, -0.15) is 0 Å². The molecule has 0 atom stereocenters. The number of aliphatic imine (C=N–C) groups is 1. The number of carbonyl (C=O) groups is 1. The maximum Gasteiger partial charge on any atom is 0.363 e. The highest BCUT2D eigenvalue weighted by atomic mass is 79.9. The first kappa shape index (κ1) is 19.1. The lowest BCUT2D eigenvalue weighted by molar-refractivity contribution is -0.129. The van der Waals surface area contributed by atoms with E-state index in [-0.39, 0.29) is 17.7 Å². The molecule has 0 aliphatic carbocycles. The Morgan fingerprint density at radius 1 is 1.19 bits per heavy atom. The summed E-state index contributed by atoms with van der Waals surface area (Å²) in [5.41, 5.74) is 1.56. The van der Waals surface area contributed by atoms with Crippen LogP contribution in [0.3, 0.4) is 0 Å². The Morgan fingerprint density at radius 3 is 2.46 bits per heavy atom. The first-order valence-corrected chi connectivity index (χ1v) is 9.74. The SMILES string of the molecule is CC(C)Oc1c(Br)cc(/C=C2\N=C(c3ccccc3Cl)OC2=O)cc1Br.